The van der Waals surface area contributed by atoms with Gasteiger partial charge in [0.25, 0.3) is 5.91 Å². The highest BCUT2D eigenvalue weighted by Crippen LogP contribution is 2.22. The van der Waals surface area contributed by atoms with Gasteiger partial charge in [0.2, 0.25) is 0 Å². The van der Waals surface area contributed by atoms with E-state index in [9.17, 15) is 4.79 Å². The van der Waals surface area contributed by atoms with Gasteiger partial charge in [0.15, 0.2) is 6.61 Å². The number of hydrazone groups is 1. The molecule has 6 heteroatoms. The Morgan fingerprint density at radius 1 is 1.39 bits per heavy atom. The second-order valence-corrected chi connectivity index (χ2v) is 4.61. The molecule has 0 atom stereocenters. The Balaban J connectivity index is 1.74. The van der Waals surface area contributed by atoms with Gasteiger partial charge in [-0.25, -0.2) is 5.43 Å². The van der Waals surface area contributed by atoms with Crippen LogP contribution in [0.4, 0.5) is 0 Å². The lowest BCUT2D eigenvalue weighted by atomic mass is 10.2. The van der Waals surface area contributed by atoms with Crippen molar-refractivity contribution in [2.45, 2.75) is 6.92 Å². The largest absolute Gasteiger partial charge is 0.497 e. The first-order valence-corrected chi connectivity index (χ1v) is 6.98. The lowest BCUT2D eigenvalue weighted by Crippen LogP contribution is -2.24. The minimum atomic E-state index is -0.345. The van der Waals surface area contributed by atoms with Crippen LogP contribution >= 0.6 is 0 Å². The summed E-state index contributed by atoms with van der Waals surface area (Å²) in [6.45, 7) is 1.76. The van der Waals surface area contributed by atoms with Gasteiger partial charge in [0, 0.05) is 6.21 Å². The molecule has 0 unspecified atom stereocenters. The molecule has 1 aromatic heterocycles. The quantitative estimate of drug-likeness (QED) is 0.630. The third-order valence-corrected chi connectivity index (χ3v) is 2.89. The maximum absolute atomic E-state index is 11.6. The first-order valence-electron chi connectivity index (χ1n) is 6.98. The van der Waals surface area contributed by atoms with E-state index in [0.717, 1.165) is 11.3 Å². The number of ether oxygens (including phenoxy) is 2. The molecule has 2 rings (SSSR count). The molecule has 0 saturated heterocycles. The second-order valence-electron chi connectivity index (χ2n) is 4.61. The first kappa shape index (κ1) is 16.4. The maximum atomic E-state index is 11.6. The van der Waals surface area contributed by atoms with E-state index in [4.69, 9.17) is 13.9 Å². The number of hydrogen-bond donors (Lipinski definition) is 1. The van der Waals surface area contributed by atoms with E-state index in [1.54, 1.807) is 43.7 Å². The van der Waals surface area contributed by atoms with Gasteiger partial charge in [-0.3, -0.25) is 4.79 Å². The molecule has 23 heavy (non-hydrogen) atoms. The van der Waals surface area contributed by atoms with Crippen LogP contribution < -0.4 is 14.9 Å². The number of hydrogen-bond acceptors (Lipinski definition) is 5. The smallest absolute Gasteiger partial charge is 0.277 e. The number of carbonyl (C=O) groups is 1. The van der Waals surface area contributed by atoms with Crippen molar-refractivity contribution >= 4 is 18.2 Å². The zero-order valence-corrected chi connectivity index (χ0v) is 13.0. The molecule has 0 aliphatic heterocycles. The SMILES string of the molecule is COc1ccc(OCC(=O)N/N=C/C=C\c2ccco2)c(C)c1. The predicted octanol–water partition coefficient (Wildman–Crippen LogP) is 2.79. The lowest BCUT2D eigenvalue weighted by Gasteiger charge is -2.09. The van der Waals surface area contributed by atoms with Crippen molar-refractivity contribution in [1.82, 2.24) is 5.43 Å². The van der Waals surface area contributed by atoms with Gasteiger partial charge in [-0.05, 0) is 55.0 Å². The van der Waals surface area contributed by atoms with Crippen LogP contribution in [-0.2, 0) is 4.79 Å². The summed E-state index contributed by atoms with van der Waals surface area (Å²) in [7, 11) is 1.60. The predicted molar refractivity (Wildman–Crippen MR) is 87.6 cm³/mol. The van der Waals surface area contributed by atoms with E-state index in [-0.39, 0.29) is 12.5 Å². The summed E-state index contributed by atoms with van der Waals surface area (Å²) in [6.07, 6.45) is 6.43. The molecule has 2 aromatic rings. The fraction of sp³-hybridized carbons (Fsp3) is 0.176. The zero-order chi connectivity index (χ0) is 16.5. The highest BCUT2D eigenvalue weighted by atomic mass is 16.5. The monoisotopic (exact) mass is 314 g/mol. The van der Waals surface area contributed by atoms with E-state index < -0.39 is 0 Å². The number of nitrogens with one attached hydrogen (secondary N) is 1. The summed E-state index contributed by atoms with van der Waals surface area (Å²) < 4.78 is 15.7. The summed E-state index contributed by atoms with van der Waals surface area (Å²) in [5, 5.41) is 3.78. The fourth-order valence-corrected chi connectivity index (χ4v) is 1.76. The summed E-state index contributed by atoms with van der Waals surface area (Å²) in [4.78, 5) is 11.6. The molecule has 1 N–H and O–H groups in total. The molecule has 0 saturated carbocycles. The molecule has 120 valence electrons. The van der Waals surface area contributed by atoms with Crippen molar-refractivity contribution < 1.29 is 18.7 Å². The Kier molecular flexibility index (Phi) is 5.99. The van der Waals surface area contributed by atoms with E-state index >= 15 is 0 Å². The van der Waals surface area contributed by atoms with Crippen molar-refractivity contribution in [1.29, 1.82) is 0 Å². The third kappa shape index (κ3) is 5.35. The Bertz CT molecular complexity index is 691. The number of amides is 1. The van der Waals surface area contributed by atoms with Crippen LogP contribution in [-0.4, -0.2) is 25.8 Å². The molecule has 1 aromatic carbocycles. The Morgan fingerprint density at radius 3 is 2.96 bits per heavy atom. The van der Waals surface area contributed by atoms with E-state index in [1.807, 2.05) is 19.1 Å². The lowest BCUT2D eigenvalue weighted by molar-refractivity contribution is -0.123. The molecule has 1 amide bonds. The normalized spacial score (nSPS) is 11.0. The topological polar surface area (TPSA) is 73.1 Å². The highest BCUT2D eigenvalue weighted by molar-refractivity contribution is 5.81. The Labute approximate surface area is 134 Å². The van der Waals surface area contributed by atoms with Gasteiger partial charge < -0.3 is 13.9 Å². The second kappa shape index (κ2) is 8.43. The minimum Gasteiger partial charge on any atom is -0.497 e. The summed E-state index contributed by atoms with van der Waals surface area (Å²) in [6, 6.07) is 8.98. The molecule has 0 aliphatic rings. The molecule has 0 bridgehead atoms. The molecule has 0 spiro atoms. The van der Waals surface area contributed by atoms with Gasteiger partial charge in [-0.1, -0.05) is 0 Å². The number of furan rings is 1. The molecule has 0 fully saturated rings. The Morgan fingerprint density at radius 2 is 2.26 bits per heavy atom. The number of benzene rings is 1. The van der Waals surface area contributed by atoms with Crippen molar-refractivity contribution in [3.63, 3.8) is 0 Å². The van der Waals surface area contributed by atoms with E-state index in [2.05, 4.69) is 10.5 Å². The fourth-order valence-electron chi connectivity index (χ4n) is 1.76. The van der Waals surface area contributed by atoms with Crippen molar-refractivity contribution in [3.8, 4) is 11.5 Å². The number of allylic oxidation sites excluding steroid dienone is 1. The van der Waals surface area contributed by atoms with Gasteiger partial charge >= 0.3 is 0 Å². The maximum Gasteiger partial charge on any atom is 0.277 e. The van der Waals surface area contributed by atoms with Crippen LogP contribution in [0.25, 0.3) is 6.08 Å². The number of nitrogens with zero attached hydrogens (tertiary/aromatic N) is 1. The standard InChI is InChI=1S/C17H18N2O4/c1-13-11-15(21-2)7-8-16(13)23-12-17(20)19-18-9-3-5-14-6-4-10-22-14/h3-11H,12H2,1-2H3,(H,19,20)/b5-3-,18-9+. The third-order valence-electron chi connectivity index (χ3n) is 2.89. The average molecular weight is 314 g/mol. The van der Waals surface area contributed by atoms with E-state index in [0.29, 0.717) is 11.5 Å². The van der Waals surface area contributed by atoms with Gasteiger partial charge in [0.05, 0.1) is 13.4 Å². The zero-order valence-electron chi connectivity index (χ0n) is 13.0. The van der Waals surface area contributed by atoms with Crippen molar-refractivity contribution in [2.75, 3.05) is 13.7 Å². The van der Waals surface area contributed by atoms with Crippen molar-refractivity contribution in [3.05, 3.63) is 54.0 Å². The highest BCUT2D eigenvalue weighted by Gasteiger charge is 2.04. The van der Waals surface area contributed by atoms with Crippen LogP contribution in [0.1, 0.15) is 11.3 Å². The summed E-state index contributed by atoms with van der Waals surface area (Å²) in [5.74, 6) is 1.74. The minimum absolute atomic E-state index is 0.119. The average Bonchev–Trinajstić information content (AvgIpc) is 3.06. The van der Waals surface area contributed by atoms with Gasteiger partial charge in [-0.15, -0.1) is 0 Å². The summed E-state index contributed by atoms with van der Waals surface area (Å²) >= 11 is 0. The molecule has 6 nitrogen and oxygen atoms in total. The number of methoxy groups -OCH3 is 1. The van der Waals surface area contributed by atoms with Crippen LogP contribution in [0.15, 0.2) is 52.2 Å². The Hall–Kier alpha value is -3.02. The van der Waals surface area contributed by atoms with Crippen LogP contribution in [0.3, 0.4) is 0 Å². The van der Waals surface area contributed by atoms with Gasteiger partial charge in [-0.2, -0.15) is 5.10 Å². The van der Waals surface area contributed by atoms with Crippen molar-refractivity contribution in [2.24, 2.45) is 5.10 Å². The van der Waals surface area contributed by atoms with Crippen LogP contribution in [0, 0.1) is 6.92 Å². The number of rotatable bonds is 7. The number of aryl methyl sites for hydroxylation is 1. The number of carbonyl (C=O) groups excluding carboxylic acids is 1. The molecular weight excluding hydrogens is 296 g/mol. The summed E-state index contributed by atoms with van der Waals surface area (Å²) in [5.41, 5.74) is 3.26. The first-order chi connectivity index (χ1) is 11.2. The molecule has 0 radical (unpaired) electrons. The van der Waals surface area contributed by atoms with Gasteiger partial charge in [0.1, 0.15) is 17.3 Å². The van der Waals surface area contributed by atoms with Crippen LogP contribution in [0.5, 0.6) is 11.5 Å². The molecule has 0 aliphatic carbocycles. The van der Waals surface area contributed by atoms with Crippen LogP contribution in [0.2, 0.25) is 0 Å². The van der Waals surface area contributed by atoms with E-state index in [1.165, 1.54) is 6.21 Å². The molecule has 1 heterocycles. The molecular formula is C17H18N2O4.